The van der Waals surface area contributed by atoms with Crippen LogP contribution in [0.15, 0.2) is 42.0 Å². The number of carbonyl (C=O) groups excluding carboxylic acids is 1. The molecule has 3 heterocycles. The Kier molecular flexibility index (Phi) is 4.82. The largest absolute Gasteiger partial charge is 0.311 e. The van der Waals surface area contributed by atoms with Crippen molar-refractivity contribution in [3.63, 3.8) is 0 Å². The summed E-state index contributed by atoms with van der Waals surface area (Å²) >= 11 is 2.89. The Labute approximate surface area is 153 Å². The molecule has 4 rings (SSSR count). The second-order valence-corrected chi connectivity index (χ2v) is 7.65. The predicted octanol–water partition coefficient (Wildman–Crippen LogP) is 3.58. The Balaban J connectivity index is 1.47. The summed E-state index contributed by atoms with van der Waals surface area (Å²) in [4.78, 5) is 19.3. The molecule has 1 atom stereocenters. The molecule has 25 heavy (non-hydrogen) atoms. The predicted molar refractivity (Wildman–Crippen MR) is 98.8 cm³/mol. The lowest BCUT2D eigenvalue weighted by atomic mass is 10.1. The fourth-order valence-electron chi connectivity index (χ4n) is 3.15. The van der Waals surface area contributed by atoms with Crippen LogP contribution in [0.5, 0.6) is 0 Å². The first-order chi connectivity index (χ1) is 12.3. The third-order valence-corrected chi connectivity index (χ3v) is 5.73. The van der Waals surface area contributed by atoms with Crippen LogP contribution in [0, 0.1) is 0 Å². The number of nitrogens with one attached hydrogen (secondary N) is 1. The second-order valence-electron chi connectivity index (χ2n) is 5.94. The van der Waals surface area contributed by atoms with Crippen molar-refractivity contribution in [2.75, 3.05) is 11.9 Å². The molecule has 2 aromatic heterocycles. The molecule has 8 heteroatoms. The van der Waals surface area contributed by atoms with Crippen LogP contribution in [0.1, 0.15) is 39.8 Å². The number of amides is 1. The zero-order valence-corrected chi connectivity index (χ0v) is 15.1. The van der Waals surface area contributed by atoms with Gasteiger partial charge in [-0.3, -0.25) is 9.69 Å². The molecule has 0 radical (unpaired) electrons. The van der Waals surface area contributed by atoms with Gasteiger partial charge in [0, 0.05) is 35.2 Å². The molecular formula is C17H17N5OS2. The Morgan fingerprint density at radius 1 is 1.40 bits per heavy atom. The van der Waals surface area contributed by atoms with Crippen LogP contribution in [-0.4, -0.2) is 31.9 Å². The fraction of sp³-hybridized carbons (Fsp3) is 0.294. The number of anilines is 1. The Bertz CT molecular complexity index is 835. The third kappa shape index (κ3) is 3.76. The summed E-state index contributed by atoms with van der Waals surface area (Å²) in [5, 5.41) is 10.4. The molecular weight excluding hydrogens is 354 g/mol. The first-order valence-electron chi connectivity index (χ1n) is 8.11. The molecule has 1 unspecified atom stereocenters. The van der Waals surface area contributed by atoms with E-state index in [1.165, 1.54) is 23.0 Å². The van der Waals surface area contributed by atoms with E-state index in [0.717, 1.165) is 25.1 Å². The molecule has 0 spiro atoms. The average Bonchev–Trinajstić information content (AvgIpc) is 3.37. The van der Waals surface area contributed by atoms with Gasteiger partial charge >= 0.3 is 0 Å². The second kappa shape index (κ2) is 7.38. The van der Waals surface area contributed by atoms with Gasteiger partial charge in [0.25, 0.3) is 5.91 Å². The van der Waals surface area contributed by atoms with Gasteiger partial charge < -0.3 is 5.32 Å². The van der Waals surface area contributed by atoms with Gasteiger partial charge in [-0.05, 0) is 37.1 Å². The minimum atomic E-state index is -0.134. The molecule has 1 aliphatic heterocycles. The number of benzene rings is 1. The van der Waals surface area contributed by atoms with Gasteiger partial charge in [-0.15, -0.1) is 16.4 Å². The van der Waals surface area contributed by atoms with E-state index in [4.69, 9.17) is 0 Å². The van der Waals surface area contributed by atoms with Crippen molar-refractivity contribution >= 4 is 33.8 Å². The van der Waals surface area contributed by atoms with Crippen molar-refractivity contribution in [3.05, 3.63) is 58.2 Å². The smallest absolute Gasteiger partial charge is 0.256 e. The summed E-state index contributed by atoms with van der Waals surface area (Å²) in [6, 6.07) is 8.18. The summed E-state index contributed by atoms with van der Waals surface area (Å²) in [7, 11) is 0. The van der Waals surface area contributed by atoms with Gasteiger partial charge in [-0.1, -0.05) is 16.6 Å². The maximum Gasteiger partial charge on any atom is 0.256 e. The van der Waals surface area contributed by atoms with Gasteiger partial charge in [0.2, 0.25) is 0 Å². The van der Waals surface area contributed by atoms with Gasteiger partial charge in [-0.2, -0.15) is 0 Å². The Hall–Kier alpha value is -2.16. The van der Waals surface area contributed by atoms with E-state index in [-0.39, 0.29) is 5.91 Å². The first kappa shape index (κ1) is 16.3. The summed E-state index contributed by atoms with van der Waals surface area (Å²) in [6.07, 6.45) is 5.75. The molecule has 0 saturated carbocycles. The highest BCUT2D eigenvalue weighted by Gasteiger charge is 2.27. The maximum atomic E-state index is 12.4. The van der Waals surface area contributed by atoms with E-state index in [2.05, 4.69) is 30.9 Å². The zero-order chi connectivity index (χ0) is 17.1. The van der Waals surface area contributed by atoms with Gasteiger partial charge in [0.15, 0.2) is 0 Å². The highest BCUT2D eigenvalue weighted by atomic mass is 32.1. The Morgan fingerprint density at radius 2 is 2.36 bits per heavy atom. The third-order valence-electron chi connectivity index (χ3n) is 4.27. The molecule has 1 aromatic carbocycles. The van der Waals surface area contributed by atoms with E-state index >= 15 is 0 Å². The molecule has 0 aliphatic carbocycles. The van der Waals surface area contributed by atoms with Crippen molar-refractivity contribution in [2.24, 2.45) is 0 Å². The molecule has 0 bridgehead atoms. The number of rotatable bonds is 5. The van der Waals surface area contributed by atoms with E-state index in [0.29, 0.717) is 16.6 Å². The minimum Gasteiger partial charge on any atom is -0.311 e. The summed E-state index contributed by atoms with van der Waals surface area (Å²) in [5.41, 5.74) is 1.79. The molecule has 1 fully saturated rings. The van der Waals surface area contributed by atoms with Crippen molar-refractivity contribution in [3.8, 4) is 0 Å². The number of likely N-dealkylation sites (tertiary alicyclic amines) is 1. The summed E-state index contributed by atoms with van der Waals surface area (Å²) < 4.78 is 3.75. The lowest BCUT2D eigenvalue weighted by Crippen LogP contribution is -2.23. The molecule has 1 saturated heterocycles. The Morgan fingerprint density at radius 3 is 3.16 bits per heavy atom. The van der Waals surface area contributed by atoms with E-state index in [1.807, 2.05) is 29.8 Å². The molecule has 1 amide bonds. The number of hydrogen-bond acceptors (Lipinski definition) is 7. The lowest BCUT2D eigenvalue weighted by molar-refractivity contribution is 0.102. The zero-order valence-electron chi connectivity index (χ0n) is 13.5. The van der Waals surface area contributed by atoms with Crippen LogP contribution in [0.4, 0.5) is 5.00 Å². The van der Waals surface area contributed by atoms with Crippen LogP contribution in [-0.2, 0) is 6.54 Å². The number of aromatic nitrogens is 3. The van der Waals surface area contributed by atoms with Crippen LogP contribution in [0.25, 0.3) is 0 Å². The molecule has 1 aliphatic rings. The summed E-state index contributed by atoms with van der Waals surface area (Å²) in [6.45, 7) is 1.89. The van der Waals surface area contributed by atoms with Gasteiger partial charge in [0.1, 0.15) is 10.0 Å². The maximum absolute atomic E-state index is 12.4. The monoisotopic (exact) mass is 371 g/mol. The van der Waals surface area contributed by atoms with Crippen LogP contribution >= 0.6 is 22.9 Å². The van der Waals surface area contributed by atoms with Gasteiger partial charge in [-0.25, -0.2) is 4.98 Å². The van der Waals surface area contributed by atoms with E-state index in [1.54, 1.807) is 17.5 Å². The molecule has 6 nitrogen and oxygen atoms in total. The topological polar surface area (TPSA) is 71.0 Å². The molecule has 3 aromatic rings. The fourth-order valence-corrected chi connectivity index (χ4v) is 4.37. The number of hydrogen-bond donors (Lipinski definition) is 1. The SMILES string of the molecule is O=C(Nc1cnns1)c1cccc(CN2CCCC2c2nccs2)c1. The number of carbonyl (C=O) groups is 1. The summed E-state index contributed by atoms with van der Waals surface area (Å²) in [5.74, 6) is -0.134. The van der Waals surface area contributed by atoms with E-state index in [9.17, 15) is 4.79 Å². The van der Waals surface area contributed by atoms with Crippen molar-refractivity contribution in [1.29, 1.82) is 0 Å². The van der Waals surface area contributed by atoms with E-state index < -0.39 is 0 Å². The first-order valence-corrected chi connectivity index (χ1v) is 9.76. The van der Waals surface area contributed by atoms with Crippen LogP contribution in [0.3, 0.4) is 0 Å². The van der Waals surface area contributed by atoms with Gasteiger partial charge in [0.05, 0.1) is 12.2 Å². The highest BCUT2D eigenvalue weighted by Crippen LogP contribution is 2.34. The normalized spacial score (nSPS) is 17.7. The van der Waals surface area contributed by atoms with Crippen LogP contribution < -0.4 is 5.32 Å². The number of thiazole rings is 1. The standard InChI is InChI=1S/C17H17N5OS2/c23-16(20-15-10-19-21-25-15)13-4-1-3-12(9-13)11-22-7-2-5-14(22)17-18-6-8-24-17/h1,3-4,6,8-10,14H,2,5,7,11H2,(H,20,23). The van der Waals surface area contributed by atoms with Crippen molar-refractivity contribution in [1.82, 2.24) is 19.5 Å². The lowest BCUT2D eigenvalue weighted by Gasteiger charge is -2.23. The molecule has 1 N–H and O–H groups in total. The van der Waals surface area contributed by atoms with Crippen molar-refractivity contribution in [2.45, 2.75) is 25.4 Å². The number of nitrogens with zero attached hydrogens (tertiary/aromatic N) is 4. The highest BCUT2D eigenvalue weighted by molar-refractivity contribution is 7.10. The minimum absolute atomic E-state index is 0.134. The van der Waals surface area contributed by atoms with Crippen molar-refractivity contribution < 1.29 is 4.79 Å². The average molecular weight is 371 g/mol. The molecule has 128 valence electrons. The van der Waals surface area contributed by atoms with Crippen LogP contribution in [0.2, 0.25) is 0 Å². The quantitative estimate of drug-likeness (QED) is 0.742.